The number of piperidine rings is 1. The zero-order valence-electron chi connectivity index (χ0n) is 18.0. The number of carbonyl (C=O) groups is 1. The van der Waals surface area contributed by atoms with Crippen molar-refractivity contribution < 1.29 is 4.79 Å². The molecule has 0 saturated carbocycles. The summed E-state index contributed by atoms with van der Waals surface area (Å²) in [7, 11) is 0. The van der Waals surface area contributed by atoms with E-state index in [9.17, 15) is 4.79 Å². The summed E-state index contributed by atoms with van der Waals surface area (Å²) in [5.74, 6) is 0.138. The second kappa shape index (κ2) is 8.43. The first-order valence-corrected chi connectivity index (χ1v) is 10.3. The third kappa shape index (κ3) is 4.43. The molecule has 0 radical (unpaired) electrons. The van der Waals surface area contributed by atoms with Gasteiger partial charge in [0.1, 0.15) is 5.69 Å². The first-order chi connectivity index (χ1) is 13.3. The molecular weight excluding hydrogens is 350 g/mol. The van der Waals surface area contributed by atoms with Crippen LogP contribution in [0.5, 0.6) is 0 Å². The topological polar surface area (TPSA) is 73.9 Å². The number of aromatic amines is 1. The van der Waals surface area contributed by atoms with Crippen molar-refractivity contribution >= 4 is 5.91 Å². The van der Waals surface area contributed by atoms with Crippen molar-refractivity contribution in [3.8, 4) is 11.3 Å². The summed E-state index contributed by atoms with van der Waals surface area (Å²) >= 11 is 0. The Hall–Kier alpha value is -2.21. The molecule has 6 heteroatoms. The molecule has 0 spiro atoms. The van der Waals surface area contributed by atoms with E-state index < -0.39 is 0 Å². The van der Waals surface area contributed by atoms with Gasteiger partial charge in [0.05, 0.1) is 5.69 Å². The lowest BCUT2D eigenvalue weighted by Crippen LogP contribution is -2.46. The Balaban J connectivity index is 1.81. The molecule has 1 aliphatic heterocycles. The number of likely N-dealkylation sites (tertiary alicyclic amines) is 1. The van der Waals surface area contributed by atoms with Crippen molar-refractivity contribution in [1.82, 2.24) is 25.4 Å². The standard InChI is InChI=1S/C22H33N5O/c1-13(2)19-20(17-11-15(5)23-16(6)12-17)25-26-21(19)22(28)24-18-7-9-27(10-8-18)14(3)4/h11-14,18H,7-10H2,1-6H3,(H,24,28)(H,25,26). The van der Waals surface area contributed by atoms with Crippen LogP contribution in [0.4, 0.5) is 0 Å². The molecule has 0 aliphatic carbocycles. The molecular formula is C22H33N5O. The van der Waals surface area contributed by atoms with Gasteiger partial charge in [0, 0.05) is 47.7 Å². The number of carbonyl (C=O) groups excluding carboxylic acids is 1. The summed E-state index contributed by atoms with van der Waals surface area (Å²) in [6.07, 6.45) is 1.98. The molecule has 2 aromatic heterocycles. The number of aryl methyl sites for hydroxylation is 2. The van der Waals surface area contributed by atoms with Gasteiger partial charge in [-0.15, -0.1) is 0 Å². The molecule has 0 bridgehead atoms. The van der Waals surface area contributed by atoms with Gasteiger partial charge in [0.2, 0.25) is 0 Å². The van der Waals surface area contributed by atoms with Crippen molar-refractivity contribution in [2.45, 2.75) is 72.4 Å². The zero-order valence-corrected chi connectivity index (χ0v) is 18.0. The van der Waals surface area contributed by atoms with Gasteiger partial charge in [-0.25, -0.2) is 0 Å². The zero-order chi connectivity index (χ0) is 20.4. The van der Waals surface area contributed by atoms with Gasteiger partial charge in [0.25, 0.3) is 5.91 Å². The van der Waals surface area contributed by atoms with Crippen molar-refractivity contribution in [2.75, 3.05) is 13.1 Å². The summed E-state index contributed by atoms with van der Waals surface area (Å²) in [4.78, 5) is 19.9. The molecule has 1 amide bonds. The van der Waals surface area contributed by atoms with Crippen LogP contribution in [-0.4, -0.2) is 51.2 Å². The predicted octanol–water partition coefficient (Wildman–Crippen LogP) is 3.81. The number of pyridine rings is 1. The Morgan fingerprint density at radius 2 is 1.75 bits per heavy atom. The van der Waals surface area contributed by atoms with Crippen molar-refractivity contribution in [1.29, 1.82) is 0 Å². The molecule has 2 aromatic rings. The van der Waals surface area contributed by atoms with Crippen LogP contribution in [0.1, 0.15) is 73.9 Å². The molecule has 3 heterocycles. The van der Waals surface area contributed by atoms with E-state index in [4.69, 9.17) is 0 Å². The minimum atomic E-state index is -0.0482. The van der Waals surface area contributed by atoms with E-state index in [1.807, 2.05) is 26.0 Å². The minimum Gasteiger partial charge on any atom is -0.348 e. The van der Waals surface area contributed by atoms with Crippen LogP contribution >= 0.6 is 0 Å². The van der Waals surface area contributed by atoms with E-state index >= 15 is 0 Å². The van der Waals surface area contributed by atoms with Crippen LogP contribution in [0.15, 0.2) is 12.1 Å². The number of amides is 1. The third-order valence-electron chi connectivity index (χ3n) is 5.56. The molecule has 2 N–H and O–H groups in total. The summed E-state index contributed by atoms with van der Waals surface area (Å²) in [5.41, 5.74) is 5.33. The Labute approximate surface area is 168 Å². The highest BCUT2D eigenvalue weighted by atomic mass is 16.2. The Morgan fingerprint density at radius 3 is 2.29 bits per heavy atom. The minimum absolute atomic E-state index is 0.0482. The molecule has 152 valence electrons. The normalized spacial score (nSPS) is 16.1. The molecule has 1 fully saturated rings. The van der Waals surface area contributed by atoms with Gasteiger partial charge in [-0.05, 0) is 58.6 Å². The van der Waals surface area contributed by atoms with E-state index in [2.05, 4.69) is 53.1 Å². The lowest BCUT2D eigenvalue weighted by molar-refractivity contribution is 0.0894. The number of nitrogens with zero attached hydrogens (tertiary/aromatic N) is 3. The van der Waals surface area contributed by atoms with Gasteiger partial charge in [-0.1, -0.05) is 13.8 Å². The average molecular weight is 384 g/mol. The highest BCUT2D eigenvalue weighted by molar-refractivity contribution is 5.96. The molecule has 0 unspecified atom stereocenters. The van der Waals surface area contributed by atoms with E-state index in [0.717, 1.165) is 54.1 Å². The van der Waals surface area contributed by atoms with Crippen molar-refractivity contribution in [2.24, 2.45) is 0 Å². The van der Waals surface area contributed by atoms with E-state index in [0.29, 0.717) is 11.7 Å². The molecule has 1 saturated heterocycles. The van der Waals surface area contributed by atoms with Crippen LogP contribution < -0.4 is 5.32 Å². The lowest BCUT2D eigenvalue weighted by atomic mass is 9.95. The first-order valence-electron chi connectivity index (χ1n) is 10.3. The Bertz CT molecular complexity index is 811. The first kappa shape index (κ1) is 20.5. The number of hydrogen-bond donors (Lipinski definition) is 2. The smallest absolute Gasteiger partial charge is 0.269 e. The second-order valence-corrected chi connectivity index (χ2v) is 8.53. The fourth-order valence-corrected chi connectivity index (χ4v) is 4.09. The maximum Gasteiger partial charge on any atom is 0.269 e. The third-order valence-corrected chi connectivity index (χ3v) is 5.56. The molecule has 6 nitrogen and oxygen atoms in total. The quantitative estimate of drug-likeness (QED) is 0.823. The van der Waals surface area contributed by atoms with Crippen molar-refractivity contribution in [3.05, 3.63) is 34.8 Å². The fraction of sp³-hybridized carbons (Fsp3) is 0.591. The molecule has 0 atom stereocenters. The van der Waals surface area contributed by atoms with Crippen LogP contribution in [0.2, 0.25) is 0 Å². The molecule has 3 rings (SSSR count). The van der Waals surface area contributed by atoms with Gasteiger partial charge in [-0.3, -0.25) is 14.9 Å². The number of hydrogen-bond acceptors (Lipinski definition) is 4. The number of nitrogens with one attached hydrogen (secondary N) is 2. The predicted molar refractivity (Wildman–Crippen MR) is 113 cm³/mol. The SMILES string of the molecule is Cc1cc(-c2n[nH]c(C(=O)NC3CCN(C(C)C)CC3)c2C(C)C)cc(C)n1. The van der Waals surface area contributed by atoms with E-state index in [-0.39, 0.29) is 17.9 Å². The van der Waals surface area contributed by atoms with Gasteiger partial charge in [-0.2, -0.15) is 5.10 Å². The highest BCUT2D eigenvalue weighted by Gasteiger charge is 2.26. The average Bonchev–Trinajstić information content (AvgIpc) is 3.07. The van der Waals surface area contributed by atoms with Crippen LogP contribution in [0.25, 0.3) is 11.3 Å². The lowest BCUT2D eigenvalue weighted by Gasteiger charge is -2.34. The van der Waals surface area contributed by atoms with E-state index in [1.165, 1.54) is 0 Å². The fourth-order valence-electron chi connectivity index (χ4n) is 4.09. The van der Waals surface area contributed by atoms with Gasteiger partial charge in [0.15, 0.2) is 0 Å². The monoisotopic (exact) mass is 383 g/mol. The summed E-state index contributed by atoms with van der Waals surface area (Å²) in [6, 6.07) is 4.84. The van der Waals surface area contributed by atoms with Crippen LogP contribution in [-0.2, 0) is 0 Å². The van der Waals surface area contributed by atoms with Gasteiger partial charge < -0.3 is 10.2 Å². The van der Waals surface area contributed by atoms with Crippen LogP contribution in [0.3, 0.4) is 0 Å². The Kier molecular flexibility index (Phi) is 6.18. The molecule has 1 aliphatic rings. The molecule has 0 aromatic carbocycles. The summed E-state index contributed by atoms with van der Waals surface area (Å²) in [5, 5.41) is 10.8. The number of H-pyrrole nitrogens is 1. The molecule has 28 heavy (non-hydrogen) atoms. The van der Waals surface area contributed by atoms with Gasteiger partial charge >= 0.3 is 0 Å². The van der Waals surface area contributed by atoms with E-state index in [1.54, 1.807) is 0 Å². The highest BCUT2D eigenvalue weighted by Crippen LogP contribution is 2.31. The summed E-state index contributed by atoms with van der Waals surface area (Å²) < 4.78 is 0. The Morgan fingerprint density at radius 1 is 1.14 bits per heavy atom. The largest absolute Gasteiger partial charge is 0.348 e. The number of rotatable bonds is 5. The maximum absolute atomic E-state index is 13.0. The van der Waals surface area contributed by atoms with Crippen molar-refractivity contribution in [3.63, 3.8) is 0 Å². The number of aromatic nitrogens is 3. The van der Waals surface area contributed by atoms with Crippen LogP contribution in [0, 0.1) is 13.8 Å². The maximum atomic E-state index is 13.0. The second-order valence-electron chi connectivity index (χ2n) is 8.53. The summed E-state index contributed by atoms with van der Waals surface area (Å²) in [6.45, 7) is 14.7.